The first kappa shape index (κ1) is 39.1. The van der Waals surface area contributed by atoms with Crippen LogP contribution in [-0.2, 0) is 10.8 Å². The summed E-state index contributed by atoms with van der Waals surface area (Å²) in [6.07, 6.45) is 0. The average molecular weight is 889 g/mol. The van der Waals surface area contributed by atoms with Crippen molar-refractivity contribution in [2.45, 2.75) is 10.8 Å². The van der Waals surface area contributed by atoms with E-state index in [1.165, 1.54) is 105 Å². The Morgan fingerprint density at radius 1 is 0.314 bits per heavy atom. The number of aromatic nitrogens is 1. The molecule has 0 fully saturated rings. The summed E-state index contributed by atoms with van der Waals surface area (Å²) in [6.45, 7) is 0. The van der Waals surface area contributed by atoms with Crippen LogP contribution in [-0.4, -0.2) is 4.57 Å². The summed E-state index contributed by atoms with van der Waals surface area (Å²) >= 11 is 0. The Hall–Kier alpha value is -8.98. The van der Waals surface area contributed by atoms with Gasteiger partial charge >= 0.3 is 0 Å². The van der Waals surface area contributed by atoms with Crippen LogP contribution in [0.2, 0.25) is 0 Å². The Bertz CT molecular complexity index is 4010. The molecule has 3 aliphatic rings. The first-order chi connectivity index (χ1) is 34.8. The van der Waals surface area contributed by atoms with E-state index in [2.05, 4.69) is 276 Å². The van der Waals surface area contributed by atoms with Crippen LogP contribution in [0.3, 0.4) is 0 Å². The van der Waals surface area contributed by atoms with Crippen molar-refractivity contribution in [2.24, 2.45) is 0 Å². The Labute approximate surface area is 407 Å². The highest BCUT2D eigenvalue weighted by Gasteiger charge is 2.52. The van der Waals surface area contributed by atoms with Crippen molar-refractivity contribution in [3.8, 4) is 39.1 Å². The van der Waals surface area contributed by atoms with Gasteiger partial charge in [0.15, 0.2) is 0 Å². The topological polar surface area (TPSA) is 8.17 Å². The minimum absolute atomic E-state index is 0.542. The zero-order valence-corrected chi connectivity index (χ0v) is 38.3. The van der Waals surface area contributed by atoms with Crippen molar-refractivity contribution in [1.29, 1.82) is 0 Å². The zero-order chi connectivity index (χ0) is 46.0. The molecule has 15 rings (SSSR count). The van der Waals surface area contributed by atoms with E-state index >= 15 is 0 Å². The van der Waals surface area contributed by atoms with Gasteiger partial charge in [0.05, 0.1) is 33.2 Å². The number of anilines is 3. The molecule has 1 aromatic heterocycles. The maximum atomic E-state index is 2.54. The molecule has 0 saturated carbocycles. The minimum atomic E-state index is -0.591. The molecule has 1 spiro atoms. The second-order valence-corrected chi connectivity index (χ2v) is 19.1. The Morgan fingerprint density at radius 2 is 0.843 bits per heavy atom. The van der Waals surface area contributed by atoms with Crippen LogP contribution >= 0.6 is 0 Å². The largest absolute Gasteiger partial charge is 0.310 e. The molecule has 11 aromatic carbocycles. The fraction of sp³-hybridized carbons (Fsp3) is 0.0294. The van der Waals surface area contributed by atoms with Crippen molar-refractivity contribution in [3.63, 3.8) is 0 Å². The van der Waals surface area contributed by atoms with E-state index in [1.807, 2.05) is 0 Å². The highest BCUT2D eigenvalue weighted by molar-refractivity contribution is 6.13. The second-order valence-electron chi connectivity index (χ2n) is 19.1. The number of para-hydroxylation sites is 3. The van der Waals surface area contributed by atoms with Crippen LogP contribution in [0.5, 0.6) is 0 Å². The zero-order valence-electron chi connectivity index (χ0n) is 38.3. The highest BCUT2D eigenvalue weighted by Crippen LogP contribution is 2.63. The summed E-state index contributed by atoms with van der Waals surface area (Å²) in [6, 6.07) is 99.9. The Balaban J connectivity index is 1.04. The molecule has 0 bridgehead atoms. The molecule has 326 valence electrons. The van der Waals surface area contributed by atoms with E-state index in [-0.39, 0.29) is 0 Å². The Kier molecular flexibility index (Phi) is 8.24. The molecule has 0 amide bonds. The molecule has 2 heterocycles. The van der Waals surface area contributed by atoms with Crippen molar-refractivity contribution in [3.05, 3.63) is 311 Å². The molecule has 0 N–H and O–H groups in total. The number of nitrogens with zero attached hydrogens (tertiary/aromatic N) is 2. The molecule has 1 aliphatic heterocycles. The predicted octanol–water partition coefficient (Wildman–Crippen LogP) is 17.0. The van der Waals surface area contributed by atoms with E-state index in [4.69, 9.17) is 0 Å². The molecule has 2 heteroatoms. The van der Waals surface area contributed by atoms with Crippen LogP contribution in [0, 0.1) is 0 Å². The smallest absolute Gasteiger partial charge is 0.0755 e. The second kappa shape index (κ2) is 14.8. The van der Waals surface area contributed by atoms with Gasteiger partial charge in [-0.05, 0) is 115 Å². The number of benzene rings is 11. The van der Waals surface area contributed by atoms with Gasteiger partial charge in [0, 0.05) is 27.7 Å². The van der Waals surface area contributed by atoms with Gasteiger partial charge in [-0.25, -0.2) is 0 Å². The van der Waals surface area contributed by atoms with Gasteiger partial charge in [0.2, 0.25) is 0 Å². The average Bonchev–Trinajstić information content (AvgIpc) is 4.06. The van der Waals surface area contributed by atoms with E-state index < -0.39 is 10.8 Å². The number of fused-ring (bicyclic) bond motifs is 15. The lowest BCUT2D eigenvalue weighted by atomic mass is 9.65. The fourth-order valence-corrected chi connectivity index (χ4v) is 13.2. The molecule has 2 nitrogen and oxygen atoms in total. The van der Waals surface area contributed by atoms with Crippen molar-refractivity contribution in [2.75, 3.05) is 4.90 Å². The molecule has 2 aliphatic carbocycles. The standard InChI is InChI=1S/C68H44N2/c1-4-20-45(21-5-1)46-38-40-49(41-39-46)69(64-37-19-33-59-65(64)55-28-11-14-31-57(55)67(59,47-22-6-2-7-23-47)48-24-8-3-9-25-48)50-42-43-52-51-26-10-13-30-56(51)68(61(52)44-50)58-32-15-17-36-63(58)70-62-35-16-12-27-53(62)54-29-18-34-60(68)66(54)70/h1-44H. The molecule has 70 heavy (non-hydrogen) atoms. The van der Waals surface area contributed by atoms with E-state index in [0.717, 1.165) is 17.1 Å². The van der Waals surface area contributed by atoms with E-state index in [1.54, 1.807) is 0 Å². The van der Waals surface area contributed by atoms with Gasteiger partial charge in [0.25, 0.3) is 0 Å². The summed E-state index contributed by atoms with van der Waals surface area (Å²) in [5, 5.41) is 2.56. The SMILES string of the molecule is c1ccc(-c2ccc(N(c3ccc4c(c3)C3(c5ccccc5-4)c4ccccc4-n4c5ccccc5c5cccc3c54)c3cccc4c3-c3ccccc3C4(c3ccccc3)c3ccccc3)cc2)cc1. The third-order valence-corrected chi connectivity index (χ3v) is 15.9. The molecule has 12 aromatic rings. The third-order valence-electron chi connectivity index (χ3n) is 15.9. The highest BCUT2D eigenvalue weighted by atomic mass is 15.1. The summed E-state index contributed by atoms with van der Waals surface area (Å²) in [5.74, 6) is 0. The number of hydrogen-bond acceptors (Lipinski definition) is 1. The van der Waals surface area contributed by atoms with Gasteiger partial charge in [-0.2, -0.15) is 0 Å². The summed E-state index contributed by atoms with van der Waals surface area (Å²) < 4.78 is 2.53. The monoisotopic (exact) mass is 888 g/mol. The van der Waals surface area contributed by atoms with Gasteiger partial charge in [-0.15, -0.1) is 0 Å². The van der Waals surface area contributed by atoms with Gasteiger partial charge in [-0.3, -0.25) is 0 Å². The van der Waals surface area contributed by atoms with E-state index in [0.29, 0.717) is 0 Å². The van der Waals surface area contributed by atoms with Crippen LogP contribution in [0.15, 0.2) is 267 Å². The number of rotatable bonds is 6. The van der Waals surface area contributed by atoms with Gasteiger partial charge in [-0.1, -0.05) is 224 Å². The van der Waals surface area contributed by atoms with Crippen molar-refractivity contribution < 1.29 is 0 Å². The summed E-state index contributed by atoms with van der Waals surface area (Å²) in [7, 11) is 0. The van der Waals surface area contributed by atoms with Crippen LogP contribution in [0.4, 0.5) is 17.1 Å². The van der Waals surface area contributed by atoms with Crippen molar-refractivity contribution >= 4 is 38.9 Å². The third kappa shape index (κ3) is 5.07. The summed E-state index contributed by atoms with van der Waals surface area (Å²) in [4.78, 5) is 2.54. The van der Waals surface area contributed by atoms with Crippen molar-refractivity contribution in [1.82, 2.24) is 4.57 Å². The minimum Gasteiger partial charge on any atom is -0.310 e. The van der Waals surface area contributed by atoms with Crippen LogP contribution in [0.25, 0.3) is 60.9 Å². The predicted molar refractivity (Wildman–Crippen MR) is 289 cm³/mol. The van der Waals surface area contributed by atoms with Gasteiger partial charge in [0.1, 0.15) is 0 Å². The fourth-order valence-electron chi connectivity index (χ4n) is 13.2. The summed E-state index contributed by atoms with van der Waals surface area (Å²) in [5.41, 5.74) is 23.7. The molecular formula is C68H44N2. The quantitative estimate of drug-likeness (QED) is 0.161. The molecule has 0 radical (unpaired) electrons. The molecule has 1 atom stereocenters. The molecule has 0 saturated heterocycles. The molecular weight excluding hydrogens is 845 g/mol. The maximum Gasteiger partial charge on any atom is 0.0755 e. The number of hydrogen-bond donors (Lipinski definition) is 0. The van der Waals surface area contributed by atoms with Crippen LogP contribution in [0.1, 0.15) is 44.5 Å². The van der Waals surface area contributed by atoms with Gasteiger partial charge < -0.3 is 9.47 Å². The lowest BCUT2D eigenvalue weighted by Crippen LogP contribution is -2.33. The maximum absolute atomic E-state index is 2.54. The van der Waals surface area contributed by atoms with E-state index in [9.17, 15) is 0 Å². The lowest BCUT2D eigenvalue weighted by molar-refractivity contribution is 0.748. The normalized spacial score (nSPS) is 15.3. The first-order valence-electron chi connectivity index (χ1n) is 24.4. The first-order valence-corrected chi connectivity index (χ1v) is 24.4. The Morgan fingerprint density at radius 3 is 1.60 bits per heavy atom. The molecule has 1 unspecified atom stereocenters. The van der Waals surface area contributed by atoms with Crippen LogP contribution < -0.4 is 4.90 Å². The lowest BCUT2D eigenvalue weighted by Gasteiger charge is -2.40.